The van der Waals surface area contributed by atoms with Gasteiger partial charge in [-0.1, -0.05) is 12.1 Å². The highest BCUT2D eigenvalue weighted by Gasteiger charge is 2.26. The van der Waals surface area contributed by atoms with Crippen molar-refractivity contribution in [2.24, 2.45) is 4.99 Å². The van der Waals surface area contributed by atoms with E-state index in [1.807, 2.05) is 31.2 Å². The molecular weight excluding hydrogens is 254 g/mol. The second-order valence-corrected chi connectivity index (χ2v) is 4.43. The van der Waals surface area contributed by atoms with Crippen molar-refractivity contribution in [1.82, 2.24) is 0 Å². The Bertz CT molecular complexity index is 458. The van der Waals surface area contributed by atoms with Gasteiger partial charge in [0.25, 0.3) is 5.23 Å². The van der Waals surface area contributed by atoms with Crippen LogP contribution in [0.25, 0.3) is 0 Å². The van der Waals surface area contributed by atoms with Crippen molar-refractivity contribution in [3.05, 3.63) is 29.8 Å². The molecule has 1 aromatic carbocycles. The van der Waals surface area contributed by atoms with E-state index >= 15 is 0 Å². The highest BCUT2D eigenvalue weighted by Crippen LogP contribution is 2.35. The summed E-state index contributed by atoms with van der Waals surface area (Å²) in [5, 5.41) is 0.342. The van der Waals surface area contributed by atoms with Crippen LogP contribution in [0.15, 0.2) is 29.3 Å². The number of cyclic esters (lactones) is 1. The average molecular weight is 267 g/mol. The third kappa shape index (κ3) is 2.95. The fourth-order valence-corrected chi connectivity index (χ4v) is 2.34. The van der Waals surface area contributed by atoms with Crippen LogP contribution in [-0.4, -0.2) is 25.0 Å². The molecule has 0 saturated heterocycles. The molecule has 1 amide bonds. The number of ether oxygens (including phenoxy) is 3. The van der Waals surface area contributed by atoms with E-state index in [2.05, 4.69) is 4.99 Å². The van der Waals surface area contributed by atoms with E-state index in [0.717, 1.165) is 11.3 Å². The second kappa shape index (κ2) is 5.77. The molecule has 1 aromatic rings. The van der Waals surface area contributed by atoms with Gasteiger partial charge in [-0.3, -0.25) is 0 Å². The van der Waals surface area contributed by atoms with E-state index < -0.39 is 11.5 Å². The summed E-state index contributed by atoms with van der Waals surface area (Å²) in [7, 11) is 1.60. The smallest absolute Gasteiger partial charge is 0.438 e. The molecule has 0 bridgehead atoms. The molecule has 0 N–H and O–H groups in total. The molecule has 6 heteroatoms. The van der Waals surface area contributed by atoms with E-state index in [-0.39, 0.29) is 0 Å². The molecule has 2 rings (SSSR count). The summed E-state index contributed by atoms with van der Waals surface area (Å²) in [4.78, 5) is 15.0. The molecule has 18 heavy (non-hydrogen) atoms. The third-order valence-electron chi connectivity index (χ3n) is 2.25. The lowest BCUT2D eigenvalue weighted by molar-refractivity contribution is 0.144. The lowest BCUT2D eigenvalue weighted by atomic mass is 10.2. The topological polar surface area (TPSA) is 57.1 Å². The molecule has 5 nitrogen and oxygen atoms in total. The van der Waals surface area contributed by atoms with Crippen molar-refractivity contribution in [1.29, 1.82) is 0 Å². The Morgan fingerprint density at radius 3 is 2.72 bits per heavy atom. The van der Waals surface area contributed by atoms with Gasteiger partial charge in [0.05, 0.1) is 13.7 Å². The number of thioether (sulfide) groups is 1. The zero-order valence-corrected chi connectivity index (χ0v) is 10.9. The number of hydrogen-bond acceptors (Lipinski definition) is 5. The molecule has 0 aliphatic carbocycles. The summed E-state index contributed by atoms with van der Waals surface area (Å²) in [5.41, 5.74) is 0.434. The van der Waals surface area contributed by atoms with E-state index in [9.17, 15) is 4.79 Å². The van der Waals surface area contributed by atoms with Gasteiger partial charge in [0, 0.05) is 5.56 Å². The van der Waals surface area contributed by atoms with Crippen LogP contribution < -0.4 is 4.74 Å². The maximum Gasteiger partial charge on any atom is 0.438 e. The predicted octanol–water partition coefficient (Wildman–Crippen LogP) is 2.97. The Morgan fingerprint density at radius 2 is 2.11 bits per heavy atom. The second-order valence-electron chi connectivity index (χ2n) is 3.42. The monoisotopic (exact) mass is 267 g/mol. The predicted molar refractivity (Wildman–Crippen MR) is 68.9 cm³/mol. The molecule has 0 radical (unpaired) electrons. The molecule has 1 aliphatic heterocycles. The first-order valence-corrected chi connectivity index (χ1v) is 6.33. The number of methoxy groups -OCH3 is 1. The summed E-state index contributed by atoms with van der Waals surface area (Å²) >= 11 is 1.27. The Labute approximate surface area is 109 Å². The molecule has 0 spiro atoms. The van der Waals surface area contributed by atoms with Crippen LogP contribution in [0.5, 0.6) is 5.75 Å². The van der Waals surface area contributed by atoms with Crippen molar-refractivity contribution in [2.75, 3.05) is 13.7 Å². The van der Waals surface area contributed by atoms with Gasteiger partial charge in [-0.15, -0.1) is 4.99 Å². The van der Waals surface area contributed by atoms with E-state index in [1.165, 1.54) is 11.8 Å². The maximum atomic E-state index is 11.3. The fraction of sp³-hybridized carbons (Fsp3) is 0.333. The largest absolute Gasteiger partial charge is 0.497 e. The van der Waals surface area contributed by atoms with Gasteiger partial charge in [-0.2, -0.15) is 0 Å². The number of hydrogen-bond donors (Lipinski definition) is 0. The molecule has 1 heterocycles. The van der Waals surface area contributed by atoms with Gasteiger partial charge in [-0.25, -0.2) is 4.79 Å². The first kappa shape index (κ1) is 12.8. The van der Waals surface area contributed by atoms with Gasteiger partial charge < -0.3 is 14.2 Å². The number of carbonyl (C=O) groups excluding carboxylic acids is 1. The molecule has 0 aromatic heterocycles. The molecule has 1 unspecified atom stereocenters. The van der Waals surface area contributed by atoms with Gasteiger partial charge in [0.15, 0.2) is 5.44 Å². The molecule has 1 atom stereocenters. The summed E-state index contributed by atoms with van der Waals surface area (Å²) in [5.74, 6) is 0.754. The first-order chi connectivity index (χ1) is 8.72. The average Bonchev–Trinajstić information content (AvgIpc) is 2.38. The highest BCUT2D eigenvalue weighted by atomic mass is 32.2. The van der Waals surface area contributed by atoms with Crippen molar-refractivity contribution in [2.45, 2.75) is 12.4 Å². The van der Waals surface area contributed by atoms with Crippen molar-refractivity contribution in [3.8, 4) is 5.75 Å². The number of carbonyl (C=O) groups is 1. The Kier molecular flexibility index (Phi) is 4.09. The lowest BCUT2D eigenvalue weighted by Crippen LogP contribution is -2.17. The minimum absolute atomic E-state index is 0.342. The molecule has 0 fully saturated rings. The van der Waals surface area contributed by atoms with Gasteiger partial charge in [-0.05, 0) is 30.8 Å². The van der Waals surface area contributed by atoms with Crippen LogP contribution >= 0.6 is 11.8 Å². The van der Waals surface area contributed by atoms with Crippen molar-refractivity contribution < 1.29 is 19.0 Å². The van der Waals surface area contributed by atoms with Gasteiger partial charge in [0.1, 0.15) is 5.75 Å². The number of rotatable bonds is 3. The SMILES string of the molecule is CCOC1=NC(=O)OC(c2ccc(OC)cc2)S1. The Hall–Kier alpha value is -1.69. The molecule has 96 valence electrons. The summed E-state index contributed by atoms with van der Waals surface area (Å²) < 4.78 is 15.4. The number of amides is 1. The Balaban J connectivity index is 2.13. The van der Waals surface area contributed by atoms with Crippen LogP contribution in [0.2, 0.25) is 0 Å². The van der Waals surface area contributed by atoms with Gasteiger partial charge in [0.2, 0.25) is 0 Å². The minimum atomic E-state index is -0.627. The van der Waals surface area contributed by atoms with E-state index in [4.69, 9.17) is 14.2 Å². The summed E-state index contributed by atoms with van der Waals surface area (Å²) in [6.07, 6.45) is -0.627. The first-order valence-electron chi connectivity index (χ1n) is 5.45. The van der Waals surface area contributed by atoms with Crippen LogP contribution in [-0.2, 0) is 9.47 Å². The number of nitrogens with zero attached hydrogens (tertiary/aromatic N) is 1. The molecule has 0 saturated carbocycles. The quantitative estimate of drug-likeness (QED) is 0.842. The Morgan fingerprint density at radius 1 is 1.39 bits per heavy atom. The standard InChI is InChI=1S/C12H13NO4S/c1-3-16-12-13-11(14)17-10(18-12)8-4-6-9(15-2)7-5-8/h4-7,10H,3H2,1-2H3. The summed E-state index contributed by atoms with van der Waals surface area (Å²) in [6, 6.07) is 7.32. The van der Waals surface area contributed by atoms with Crippen LogP contribution in [0.3, 0.4) is 0 Å². The van der Waals surface area contributed by atoms with Crippen molar-refractivity contribution in [3.63, 3.8) is 0 Å². The van der Waals surface area contributed by atoms with Gasteiger partial charge >= 0.3 is 6.09 Å². The zero-order valence-electron chi connectivity index (χ0n) is 10.1. The number of aliphatic imine (C=N–C) groups is 1. The van der Waals surface area contributed by atoms with Crippen LogP contribution in [0.1, 0.15) is 17.9 Å². The van der Waals surface area contributed by atoms with Crippen LogP contribution in [0.4, 0.5) is 4.79 Å². The van der Waals surface area contributed by atoms with Crippen molar-refractivity contribution >= 4 is 23.1 Å². The minimum Gasteiger partial charge on any atom is -0.497 e. The van der Waals surface area contributed by atoms with Crippen LogP contribution in [0, 0.1) is 0 Å². The van der Waals surface area contributed by atoms with E-state index in [1.54, 1.807) is 7.11 Å². The highest BCUT2D eigenvalue weighted by molar-refractivity contribution is 8.13. The normalized spacial score (nSPS) is 18.9. The molecule has 1 aliphatic rings. The lowest BCUT2D eigenvalue weighted by Gasteiger charge is -2.21. The van der Waals surface area contributed by atoms with E-state index in [0.29, 0.717) is 11.8 Å². The molecular formula is C12H13NO4S. The third-order valence-corrected chi connectivity index (χ3v) is 3.25. The zero-order chi connectivity index (χ0) is 13.0. The summed E-state index contributed by atoms with van der Waals surface area (Å²) in [6.45, 7) is 2.31. The maximum absolute atomic E-state index is 11.3. The fourth-order valence-electron chi connectivity index (χ4n) is 1.42. The number of benzene rings is 1.